The van der Waals surface area contributed by atoms with Gasteiger partial charge in [-0.2, -0.15) is 0 Å². The number of H-pyrrole nitrogens is 1. The number of rotatable bonds is 11. The maximum Gasteiger partial charge on any atom is 0.305 e. The maximum absolute atomic E-state index is 13.0. The Kier molecular flexibility index (Phi) is 7.67. The van der Waals surface area contributed by atoms with Gasteiger partial charge in [-0.1, -0.05) is 18.2 Å². The van der Waals surface area contributed by atoms with Crippen LogP contribution in [0.25, 0.3) is 21.6 Å². The van der Waals surface area contributed by atoms with Gasteiger partial charge in [0.2, 0.25) is 0 Å². The molecule has 0 saturated carbocycles. The molecule has 0 fully saturated rings. The fourth-order valence-electron chi connectivity index (χ4n) is 3.51. The first kappa shape index (κ1) is 24.4. The second-order valence-electron chi connectivity index (χ2n) is 7.55. The lowest BCUT2D eigenvalue weighted by Crippen LogP contribution is -2.26. The number of nitrogens with one attached hydrogen (secondary N) is 2. The molecule has 180 valence electrons. The van der Waals surface area contributed by atoms with E-state index in [9.17, 15) is 13.2 Å². The highest BCUT2D eigenvalue weighted by atomic mass is 32.2. The monoisotopic (exact) mass is 518 g/mol. The molecule has 8 nitrogen and oxygen atoms in total. The number of thiophene rings is 1. The molecule has 4 aromatic rings. The third-order valence-corrected chi connectivity index (χ3v) is 9.38. The number of sulfonamides is 1. The minimum Gasteiger partial charge on any atom is -0.466 e. The summed E-state index contributed by atoms with van der Waals surface area (Å²) in [6, 6.07) is 10.9. The summed E-state index contributed by atoms with van der Waals surface area (Å²) in [5.74, 6) is -0.170. The number of hydrogen-bond acceptors (Lipinski definition) is 8. The van der Waals surface area contributed by atoms with Crippen LogP contribution in [0, 0.1) is 0 Å². The summed E-state index contributed by atoms with van der Waals surface area (Å²) < 4.78 is 32.6. The van der Waals surface area contributed by atoms with Crippen molar-refractivity contribution in [1.29, 1.82) is 0 Å². The number of aromatic amines is 1. The molecule has 3 aromatic heterocycles. The maximum atomic E-state index is 13.0. The average molecular weight is 519 g/mol. The molecule has 0 aliphatic heterocycles. The van der Waals surface area contributed by atoms with Crippen LogP contribution in [0.3, 0.4) is 0 Å². The minimum atomic E-state index is -3.63. The molecule has 0 spiro atoms. The van der Waals surface area contributed by atoms with Crippen LogP contribution in [-0.2, 0) is 26.1 Å². The summed E-state index contributed by atoms with van der Waals surface area (Å²) in [6.45, 7) is 3.59. The van der Waals surface area contributed by atoms with Crippen molar-refractivity contribution >= 4 is 55.3 Å². The molecule has 0 bridgehead atoms. The van der Waals surface area contributed by atoms with Gasteiger partial charge < -0.3 is 15.0 Å². The van der Waals surface area contributed by atoms with Crippen molar-refractivity contribution in [2.45, 2.75) is 30.5 Å². The Labute approximate surface area is 206 Å². The zero-order valence-electron chi connectivity index (χ0n) is 18.9. The molecule has 3 heterocycles. The number of ether oxygens (including phenoxy) is 1. The van der Waals surface area contributed by atoms with Gasteiger partial charge in [0.25, 0.3) is 10.0 Å². The quantitative estimate of drug-likeness (QED) is 0.222. The summed E-state index contributed by atoms with van der Waals surface area (Å²) in [7, 11) is -2.06. The number of esters is 1. The molecule has 0 aliphatic carbocycles. The number of fused-ring (bicyclic) bond motifs is 1. The van der Waals surface area contributed by atoms with E-state index in [1.807, 2.05) is 24.4 Å². The fourth-order valence-corrected chi connectivity index (χ4v) is 6.73. The van der Waals surface area contributed by atoms with E-state index in [2.05, 4.69) is 15.3 Å². The topological polar surface area (TPSA) is 104 Å². The first-order valence-corrected chi connectivity index (χ1v) is 14.0. The molecule has 2 N–H and O–H groups in total. The van der Waals surface area contributed by atoms with Crippen LogP contribution in [0.5, 0.6) is 0 Å². The van der Waals surface area contributed by atoms with Crippen LogP contribution < -0.4 is 9.62 Å². The Balaban J connectivity index is 1.46. The van der Waals surface area contributed by atoms with Crippen LogP contribution in [-0.4, -0.2) is 44.6 Å². The molecular formula is C23H26N4O4S3. The van der Waals surface area contributed by atoms with Crippen molar-refractivity contribution in [3.63, 3.8) is 0 Å². The number of carbonyl (C=O) groups is 1. The Morgan fingerprint density at radius 1 is 1.26 bits per heavy atom. The van der Waals surface area contributed by atoms with Crippen LogP contribution in [0.4, 0.5) is 5.69 Å². The van der Waals surface area contributed by atoms with E-state index in [1.165, 1.54) is 15.6 Å². The van der Waals surface area contributed by atoms with E-state index in [0.717, 1.165) is 32.9 Å². The van der Waals surface area contributed by atoms with Crippen molar-refractivity contribution in [3.8, 4) is 10.7 Å². The lowest BCUT2D eigenvalue weighted by atomic mass is 10.2. The first-order valence-electron chi connectivity index (χ1n) is 10.9. The predicted octanol–water partition coefficient (Wildman–Crippen LogP) is 4.61. The third kappa shape index (κ3) is 5.33. The van der Waals surface area contributed by atoms with Crippen LogP contribution in [0.15, 0.2) is 52.2 Å². The minimum absolute atomic E-state index is 0.170. The number of benzene rings is 1. The van der Waals surface area contributed by atoms with E-state index >= 15 is 0 Å². The van der Waals surface area contributed by atoms with Crippen molar-refractivity contribution < 1.29 is 17.9 Å². The van der Waals surface area contributed by atoms with E-state index in [1.54, 1.807) is 48.9 Å². The standard InChI is InChI=1S/C23H26N4O4S3/c1-3-31-20(28)9-5-11-24-14-17-15-25-23(33-17)18-13-16-7-4-8-19(22(16)26-18)27(2)34(29,30)21-10-6-12-32-21/h4,6-8,10,12-13,15,24,26H,3,5,9,11,14H2,1-2H3. The molecular weight excluding hydrogens is 492 g/mol. The van der Waals surface area contributed by atoms with Crippen LogP contribution in [0.1, 0.15) is 24.6 Å². The predicted molar refractivity (Wildman–Crippen MR) is 137 cm³/mol. The number of hydrogen-bond donors (Lipinski definition) is 2. The van der Waals surface area contributed by atoms with Gasteiger partial charge in [0.15, 0.2) is 0 Å². The normalized spacial score (nSPS) is 11.7. The zero-order chi connectivity index (χ0) is 24.1. The second-order valence-corrected chi connectivity index (χ2v) is 11.8. The zero-order valence-corrected chi connectivity index (χ0v) is 21.4. The summed E-state index contributed by atoms with van der Waals surface area (Å²) >= 11 is 2.76. The molecule has 0 amide bonds. The third-order valence-electron chi connectivity index (χ3n) is 5.21. The van der Waals surface area contributed by atoms with E-state index < -0.39 is 10.0 Å². The Bertz CT molecular complexity index is 1360. The van der Waals surface area contributed by atoms with Crippen LogP contribution >= 0.6 is 22.7 Å². The molecule has 1 aromatic carbocycles. The van der Waals surface area contributed by atoms with Gasteiger partial charge >= 0.3 is 5.97 Å². The summed E-state index contributed by atoms with van der Waals surface area (Å²) in [6.07, 6.45) is 2.96. The Hall–Kier alpha value is -2.73. The fraction of sp³-hybridized carbons (Fsp3) is 0.304. The van der Waals surface area contributed by atoms with E-state index in [-0.39, 0.29) is 5.97 Å². The molecule has 0 unspecified atom stereocenters. The smallest absolute Gasteiger partial charge is 0.305 e. The SMILES string of the molecule is CCOC(=O)CCCNCc1cnc(-c2cc3cccc(N(C)S(=O)(=O)c4cccs4)c3[nH]2)s1. The second kappa shape index (κ2) is 10.7. The van der Waals surface area contributed by atoms with Gasteiger partial charge in [-0.05, 0) is 43.5 Å². The summed E-state index contributed by atoms with van der Waals surface area (Å²) in [5, 5.41) is 6.82. The van der Waals surface area contributed by atoms with Crippen molar-refractivity contribution in [1.82, 2.24) is 15.3 Å². The Morgan fingerprint density at radius 3 is 2.88 bits per heavy atom. The van der Waals surface area contributed by atoms with Crippen molar-refractivity contribution in [2.75, 3.05) is 24.5 Å². The van der Waals surface area contributed by atoms with Gasteiger partial charge in [-0.25, -0.2) is 13.4 Å². The molecule has 4 rings (SSSR count). The molecule has 0 atom stereocenters. The molecule has 11 heteroatoms. The van der Waals surface area contributed by atoms with Gasteiger partial charge in [0.05, 0.1) is 23.5 Å². The van der Waals surface area contributed by atoms with Crippen LogP contribution in [0.2, 0.25) is 0 Å². The lowest BCUT2D eigenvalue weighted by Gasteiger charge is -2.19. The largest absolute Gasteiger partial charge is 0.466 e. The molecule has 0 aliphatic rings. The highest BCUT2D eigenvalue weighted by molar-refractivity contribution is 7.94. The molecule has 0 saturated heterocycles. The molecule has 34 heavy (non-hydrogen) atoms. The first-order chi connectivity index (χ1) is 16.4. The van der Waals surface area contributed by atoms with Gasteiger partial charge in [0, 0.05) is 36.5 Å². The number of thiazole rings is 1. The highest BCUT2D eigenvalue weighted by Crippen LogP contribution is 2.34. The van der Waals surface area contributed by atoms with Gasteiger partial charge in [-0.15, -0.1) is 22.7 Å². The highest BCUT2D eigenvalue weighted by Gasteiger charge is 2.24. The lowest BCUT2D eigenvalue weighted by molar-refractivity contribution is -0.143. The number of aromatic nitrogens is 2. The van der Waals surface area contributed by atoms with Gasteiger partial charge in [0.1, 0.15) is 9.22 Å². The van der Waals surface area contributed by atoms with Gasteiger partial charge in [-0.3, -0.25) is 9.10 Å². The van der Waals surface area contributed by atoms with E-state index in [4.69, 9.17) is 4.74 Å². The van der Waals surface area contributed by atoms with Crippen molar-refractivity contribution in [3.05, 3.63) is 52.9 Å². The number of carbonyl (C=O) groups excluding carboxylic acids is 1. The van der Waals surface area contributed by atoms with Crippen molar-refractivity contribution in [2.24, 2.45) is 0 Å². The summed E-state index contributed by atoms with van der Waals surface area (Å²) in [4.78, 5) is 20.4. The summed E-state index contributed by atoms with van der Waals surface area (Å²) in [5.41, 5.74) is 2.16. The van der Waals surface area contributed by atoms with E-state index in [0.29, 0.717) is 36.0 Å². The average Bonchev–Trinajstić information content (AvgIpc) is 3.58. The number of para-hydroxylation sites is 1. The number of anilines is 1. The molecule has 0 radical (unpaired) electrons. The Morgan fingerprint density at radius 2 is 2.12 bits per heavy atom. The number of nitrogens with zero attached hydrogens (tertiary/aromatic N) is 2.